The van der Waals surface area contributed by atoms with E-state index in [2.05, 4.69) is 20.0 Å². The number of carbonyl (C=O) groups excluding carboxylic acids is 3. The molecule has 4 aliphatic heterocycles. The first-order valence-corrected chi connectivity index (χ1v) is 18.4. The fraction of sp³-hybridized carbons (Fsp3) is 0.632. The van der Waals surface area contributed by atoms with Gasteiger partial charge in [0.15, 0.2) is 11.6 Å². The zero-order valence-corrected chi connectivity index (χ0v) is 31.6. The minimum absolute atomic E-state index is 0.0237. The van der Waals surface area contributed by atoms with Crippen molar-refractivity contribution >= 4 is 29.4 Å². The molecule has 1 aromatic heterocycles. The first-order valence-electron chi connectivity index (χ1n) is 18.4. The van der Waals surface area contributed by atoms with E-state index in [1.54, 1.807) is 16.0 Å². The largest absolute Gasteiger partial charge is 0.451 e. The number of carbonyl (C=O) groups is 3. The van der Waals surface area contributed by atoms with Gasteiger partial charge in [-0.1, -0.05) is 5.16 Å². The highest BCUT2D eigenvalue weighted by Crippen LogP contribution is 2.46. The molecule has 0 unspecified atom stereocenters. The van der Waals surface area contributed by atoms with E-state index in [0.717, 1.165) is 31.4 Å². The van der Waals surface area contributed by atoms with Gasteiger partial charge in [0.1, 0.15) is 36.6 Å². The fourth-order valence-electron chi connectivity index (χ4n) is 8.44. The van der Waals surface area contributed by atoms with Crippen LogP contribution in [0.4, 0.5) is 15.0 Å². The number of piperidine rings is 3. The Bertz CT molecular complexity index is 1690. The number of amides is 3. The average molecular weight is 722 g/mol. The summed E-state index contributed by atoms with van der Waals surface area (Å²) >= 11 is 0. The molecule has 3 amide bonds. The van der Waals surface area contributed by atoms with Crippen LogP contribution in [0, 0.1) is 17.2 Å². The van der Waals surface area contributed by atoms with Crippen molar-refractivity contribution in [3.8, 4) is 11.5 Å². The maximum Gasteiger partial charge on any atom is 0.411 e. The predicted octanol–water partition coefficient (Wildman–Crippen LogP) is 5.89. The second-order valence-electron chi connectivity index (χ2n) is 16.2. The number of nitrogens with zero attached hydrogens (tertiary/aromatic N) is 7. The number of ether oxygens (including phenoxy) is 2. The topological polar surface area (TPSA) is 130 Å². The SMILES string of the molecule is CO/N=C1\C[C@@H]2CC[C@H]1[C@@H](C(=O)N1CCC3(CC1)CN(c1ncncc1Oc1ccc(F)cc1C(=O)N(C(C)C)C(C)C)C3)N2C(=O)OC(C)(C)C. The smallest absolute Gasteiger partial charge is 0.411 e. The first kappa shape index (κ1) is 37.3. The van der Waals surface area contributed by atoms with Crippen molar-refractivity contribution in [1.82, 2.24) is 24.7 Å². The van der Waals surface area contributed by atoms with Gasteiger partial charge in [-0.3, -0.25) is 14.5 Å². The van der Waals surface area contributed by atoms with Crippen LogP contribution in [-0.2, 0) is 14.4 Å². The molecule has 5 heterocycles. The number of aromatic nitrogens is 2. The van der Waals surface area contributed by atoms with Crippen LogP contribution in [0.15, 0.2) is 35.9 Å². The molecule has 0 N–H and O–H groups in total. The van der Waals surface area contributed by atoms with Crippen LogP contribution in [0.3, 0.4) is 0 Å². The summed E-state index contributed by atoms with van der Waals surface area (Å²) in [5.41, 5.74) is 0.252. The van der Waals surface area contributed by atoms with Crippen LogP contribution in [-0.4, -0.2) is 111 Å². The third-order valence-electron chi connectivity index (χ3n) is 10.7. The molecule has 14 heteroatoms. The molecule has 52 heavy (non-hydrogen) atoms. The van der Waals surface area contributed by atoms with Crippen LogP contribution in [0.1, 0.15) is 90.9 Å². The van der Waals surface area contributed by atoms with Crippen molar-refractivity contribution in [3.63, 3.8) is 0 Å². The minimum Gasteiger partial charge on any atom is -0.451 e. The van der Waals surface area contributed by atoms with E-state index in [1.807, 2.05) is 53.4 Å². The number of hydrogen-bond donors (Lipinski definition) is 0. The van der Waals surface area contributed by atoms with Gasteiger partial charge in [-0.2, -0.15) is 0 Å². The Labute approximate surface area is 305 Å². The summed E-state index contributed by atoms with van der Waals surface area (Å²) in [7, 11) is 1.51. The van der Waals surface area contributed by atoms with Gasteiger partial charge in [0.05, 0.1) is 17.5 Å². The van der Waals surface area contributed by atoms with Crippen molar-refractivity contribution in [3.05, 3.63) is 42.1 Å². The lowest BCUT2D eigenvalue weighted by Crippen LogP contribution is -2.67. The second-order valence-corrected chi connectivity index (χ2v) is 16.2. The molecular weight excluding hydrogens is 669 g/mol. The zero-order valence-electron chi connectivity index (χ0n) is 31.6. The summed E-state index contributed by atoms with van der Waals surface area (Å²) in [5.74, 6) is 0.0499. The number of oxime groups is 1. The number of halogens is 1. The average Bonchev–Trinajstić information content (AvgIpc) is 3.07. The molecule has 5 fully saturated rings. The van der Waals surface area contributed by atoms with Gasteiger partial charge in [0, 0.05) is 62.1 Å². The van der Waals surface area contributed by atoms with Crippen molar-refractivity contribution in [2.24, 2.45) is 16.5 Å². The van der Waals surface area contributed by atoms with Gasteiger partial charge >= 0.3 is 6.09 Å². The van der Waals surface area contributed by atoms with Crippen LogP contribution in [0.25, 0.3) is 0 Å². The van der Waals surface area contributed by atoms with E-state index >= 15 is 0 Å². The highest BCUT2D eigenvalue weighted by Gasteiger charge is 2.54. The molecule has 0 radical (unpaired) electrons. The van der Waals surface area contributed by atoms with E-state index in [4.69, 9.17) is 14.3 Å². The third-order valence-corrected chi connectivity index (χ3v) is 10.7. The summed E-state index contributed by atoms with van der Waals surface area (Å²) in [6.45, 7) is 15.7. The molecule has 13 nitrogen and oxygen atoms in total. The predicted molar refractivity (Wildman–Crippen MR) is 193 cm³/mol. The molecule has 2 bridgehead atoms. The summed E-state index contributed by atoms with van der Waals surface area (Å²) in [4.78, 5) is 62.6. The Kier molecular flexibility index (Phi) is 10.4. The summed E-state index contributed by atoms with van der Waals surface area (Å²) in [6.07, 6.45) is 6.26. The van der Waals surface area contributed by atoms with Gasteiger partial charge in [-0.25, -0.2) is 19.2 Å². The number of fused-ring (bicyclic) bond motifs is 3. The van der Waals surface area contributed by atoms with Gasteiger partial charge in [-0.05, 0) is 92.3 Å². The maximum absolute atomic E-state index is 14.5. The maximum atomic E-state index is 14.5. The highest BCUT2D eigenvalue weighted by atomic mass is 19.1. The molecule has 1 saturated carbocycles. The van der Waals surface area contributed by atoms with E-state index in [0.29, 0.717) is 44.2 Å². The van der Waals surface area contributed by atoms with Crippen molar-refractivity contribution in [2.75, 3.05) is 38.2 Å². The molecule has 1 aromatic carbocycles. The molecule has 1 spiro atoms. The second kappa shape index (κ2) is 14.5. The zero-order chi connectivity index (χ0) is 37.5. The third kappa shape index (κ3) is 7.38. The number of benzene rings is 1. The van der Waals surface area contributed by atoms with Gasteiger partial charge in [0.2, 0.25) is 5.91 Å². The van der Waals surface area contributed by atoms with Crippen molar-refractivity contribution in [1.29, 1.82) is 0 Å². The van der Waals surface area contributed by atoms with E-state index in [9.17, 15) is 18.8 Å². The fourth-order valence-corrected chi connectivity index (χ4v) is 8.44. The number of rotatable bonds is 8. The number of likely N-dealkylation sites (tertiary alicyclic amines) is 1. The monoisotopic (exact) mass is 721 g/mol. The Morgan fingerprint density at radius 3 is 2.37 bits per heavy atom. The van der Waals surface area contributed by atoms with Crippen LogP contribution in [0.5, 0.6) is 11.5 Å². The highest BCUT2D eigenvalue weighted by molar-refractivity contribution is 5.99. The van der Waals surface area contributed by atoms with Crippen molar-refractivity contribution in [2.45, 2.75) is 110 Å². The molecule has 2 aromatic rings. The Morgan fingerprint density at radius 1 is 1.04 bits per heavy atom. The Balaban J connectivity index is 1.14. The molecular formula is C38H52FN7O6. The number of hydrogen-bond acceptors (Lipinski definition) is 10. The van der Waals surface area contributed by atoms with Crippen LogP contribution in [0.2, 0.25) is 0 Å². The lowest BCUT2D eigenvalue weighted by Gasteiger charge is -2.56. The van der Waals surface area contributed by atoms with Crippen LogP contribution >= 0.6 is 0 Å². The summed E-state index contributed by atoms with van der Waals surface area (Å²) in [5, 5.41) is 4.27. The van der Waals surface area contributed by atoms with Crippen molar-refractivity contribution < 1.29 is 33.1 Å². The molecule has 282 valence electrons. The van der Waals surface area contributed by atoms with E-state index < -0.39 is 23.6 Å². The standard InChI is InChI=1S/C38H52FN7O6/c1-23(2)45(24(3)4)34(47)28-17-25(39)9-12-30(28)51-31-19-40-22-41-33(31)44-20-38(21-44)13-15-43(16-14-38)35(48)32-27-11-10-26(18-29(27)42-50-8)46(32)36(49)52-37(5,6)7/h9,12,17,19,22-24,26-27,32H,10-11,13-16,18,20-21H2,1-8H3/b42-29+/t26-,27+,32-/m0/s1. The van der Waals surface area contributed by atoms with Crippen LogP contribution < -0.4 is 9.64 Å². The lowest BCUT2D eigenvalue weighted by molar-refractivity contribution is -0.144. The van der Waals surface area contributed by atoms with E-state index in [1.165, 1.54) is 31.6 Å². The quantitative estimate of drug-likeness (QED) is 0.307. The summed E-state index contributed by atoms with van der Waals surface area (Å²) < 4.78 is 26.5. The van der Waals surface area contributed by atoms with Gasteiger partial charge in [-0.15, -0.1) is 0 Å². The summed E-state index contributed by atoms with van der Waals surface area (Å²) in [6, 6.07) is 2.91. The lowest BCUT2D eigenvalue weighted by atomic mass is 9.70. The minimum atomic E-state index is -0.686. The molecule has 4 saturated heterocycles. The molecule has 5 aliphatic rings. The normalized spacial score (nSPS) is 23.2. The van der Waals surface area contributed by atoms with Gasteiger partial charge in [0.25, 0.3) is 5.91 Å². The van der Waals surface area contributed by atoms with E-state index in [-0.39, 0.29) is 52.6 Å². The molecule has 1 aliphatic carbocycles. The number of anilines is 1. The molecule has 7 rings (SSSR count). The Hall–Kier alpha value is -4.49. The van der Waals surface area contributed by atoms with Gasteiger partial charge < -0.3 is 29.0 Å². The first-order chi connectivity index (χ1) is 24.6. The Morgan fingerprint density at radius 2 is 1.73 bits per heavy atom. The molecule has 3 atom stereocenters.